The maximum absolute atomic E-state index is 11.2. The fourth-order valence-electron chi connectivity index (χ4n) is 3.73. The highest BCUT2D eigenvalue weighted by Crippen LogP contribution is 2.48. The van der Waals surface area contributed by atoms with Gasteiger partial charge in [-0.15, -0.1) is 0 Å². The van der Waals surface area contributed by atoms with Crippen molar-refractivity contribution in [1.82, 2.24) is 9.80 Å². The van der Waals surface area contributed by atoms with Gasteiger partial charge < -0.3 is 10.0 Å². The minimum Gasteiger partial charge on any atom is -0.481 e. The lowest BCUT2D eigenvalue weighted by molar-refractivity contribution is -0.141. The van der Waals surface area contributed by atoms with Gasteiger partial charge in [-0.3, -0.25) is 9.69 Å². The molecule has 2 aliphatic rings. The maximum Gasteiger partial charge on any atom is 0.305 e. The number of piperazine rings is 1. The van der Waals surface area contributed by atoms with Gasteiger partial charge in [0.25, 0.3) is 0 Å². The average Bonchev–Trinajstić information content (AvgIpc) is 2.55. The van der Waals surface area contributed by atoms with Gasteiger partial charge in [0.05, 0.1) is 6.42 Å². The lowest BCUT2D eigenvalue weighted by Crippen LogP contribution is -2.56. The van der Waals surface area contributed by atoms with Gasteiger partial charge in [-0.25, -0.2) is 0 Å². The summed E-state index contributed by atoms with van der Waals surface area (Å²) in [6.45, 7) is 8.68. The van der Waals surface area contributed by atoms with Gasteiger partial charge in [0.2, 0.25) is 0 Å². The largest absolute Gasteiger partial charge is 0.481 e. The molecule has 0 amide bonds. The van der Waals surface area contributed by atoms with E-state index >= 15 is 0 Å². The van der Waals surface area contributed by atoms with Crippen molar-refractivity contribution < 1.29 is 9.90 Å². The first kappa shape index (κ1) is 13.8. The Kier molecular flexibility index (Phi) is 3.70. The van der Waals surface area contributed by atoms with Crippen LogP contribution in [0.1, 0.15) is 39.5 Å². The summed E-state index contributed by atoms with van der Waals surface area (Å²) in [6, 6.07) is 0. The number of rotatable bonds is 3. The van der Waals surface area contributed by atoms with Gasteiger partial charge in [-0.2, -0.15) is 0 Å². The van der Waals surface area contributed by atoms with Crippen LogP contribution in [0.25, 0.3) is 0 Å². The number of carbonyl (C=O) groups is 1. The van der Waals surface area contributed by atoms with Crippen LogP contribution < -0.4 is 0 Å². The second kappa shape index (κ2) is 4.82. The van der Waals surface area contributed by atoms with Crippen LogP contribution in [0.3, 0.4) is 0 Å². The topological polar surface area (TPSA) is 43.8 Å². The maximum atomic E-state index is 11.2. The van der Waals surface area contributed by atoms with Gasteiger partial charge in [-0.1, -0.05) is 13.8 Å². The molecule has 1 aliphatic carbocycles. The highest BCUT2D eigenvalue weighted by molar-refractivity contribution is 5.68. The highest BCUT2D eigenvalue weighted by atomic mass is 16.4. The van der Waals surface area contributed by atoms with E-state index in [2.05, 4.69) is 30.7 Å². The van der Waals surface area contributed by atoms with Crippen molar-refractivity contribution in [3.8, 4) is 0 Å². The second-order valence-corrected chi connectivity index (χ2v) is 6.93. The molecular formula is C14H26N2O2. The van der Waals surface area contributed by atoms with E-state index < -0.39 is 5.97 Å². The van der Waals surface area contributed by atoms with E-state index in [4.69, 9.17) is 0 Å². The molecule has 1 heterocycles. The van der Waals surface area contributed by atoms with Gasteiger partial charge in [-0.05, 0) is 31.7 Å². The Morgan fingerprint density at radius 1 is 1.17 bits per heavy atom. The van der Waals surface area contributed by atoms with Gasteiger partial charge in [0.1, 0.15) is 0 Å². The standard InChI is InChI=1S/C14H26N2O2/c1-13(2)4-5-14(11-13,10-12(17)18)16-8-6-15(3)7-9-16/h4-11H2,1-3H3,(H,17,18). The molecule has 2 fully saturated rings. The Bertz CT molecular complexity index is 322. The summed E-state index contributed by atoms with van der Waals surface area (Å²) in [5.74, 6) is -0.647. The van der Waals surface area contributed by atoms with Crippen molar-refractivity contribution in [3.05, 3.63) is 0 Å². The molecule has 4 nitrogen and oxygen atoms in total. The Labute approximate surface area is 110 Å². The van der Waals surface area contributed by atoms with Crippen molar-refractivity contribution in [2.45, 2.75) is 45.1 Å². The molecular weight excluding hydrogens is 228 g/mol. The molecule has 104 valence electrons. The third-order valence-corrected chi connectivity index (χ3v) is 4.73. The monoisotopic (exact) mass is 254 g/mol. The lowest BCUT2D eigenvalue weighted by Gasteiger charge is -2.45. The zero-order chi connectivity index (χ0) is 13.4. The number of likely N-dealkylation sites (N-methyl/N-ethyl adjacent to an activating group) is 1. The predicted molar refractivity (Wildman–Crippen MR) is 71.7 cm³/mol. The van der Waals surface area contributed by atoms with Crippen LogP contribution in [0, 0.1) is 5.41 Å². The van der Waals surface area contributed by atoms with Gasteiger partial charge in [0, 0.05) is 31.7 Å². The summed E-state index contributed by atoms with van der Waals surface area (Å²) in [6.07, 6.45) is 3.51. The van der Waals surface area contributed by atoms with Crippen molar-refractivity contribution in [1.29, 1.82) is 0 Å². The van der Waals surface area contributed by atoms with Crippen LogP contribution in [0.15, 0.2) is 0 Å². The molecule has 1 atom stereocenters. The van der Waals surface area contributed by atoms with E-state index in [9.17, 15) is 9.90 Å². The molecule has 0 bridgehead atoms. The number of carboxylic acids is 1. The molecule has 1 N–H and O–H groups in total. The number of aliphatic carboxylic acids is 1. The van der Waals surface area contributed by atoms with E-state index in [1.807, 2.05) is 0 Å². The molecule has 1 saturated heterocycles. The Balaban J connectivity index is 2.13. The molecule has 1 unspecified atom stereocenters. The zero-order valence-corrected chi connectivity index (χ0v) is 11.9. The molecule has 18 heavy (non-hydrogen) atoms. The molecule has 0 radical (unpaired) electrons. The van der Waals surface area contributed by atoms with Crippen LogP contribution in [-0.2, 0) is 4.79 Å². The summed E-state index contributed by atoms with van der Waals surface area (Å²) in [5, 5.41) is 9.25. The zero-order valence-electron chi connectivity index (χ0n) is 11.9. The normalized spacial score (nSPS) is 33.7. The first-order valence-electron chi connectivity index (χ1n) is 6.98. The third-order valence-electron chi connectivity index (χ3n) is 4.73. The third kappa shape index (κ3) is 2.86. The van der Waals surface area contributed by atoms with Crippen molar-refractivity contribution in [2.75, 3.05) is 33.2 Å². The Morgan fingerprint density at radius 2 is 1.78 bits per heavy atom. The Morgan fingerprint density at radius 3 is 2.22 bits per heavy atom. The molecule has 1 aliphatic heterocycles. The smallest absolute Gasteiger partial charge is 0.305 e. The number of nitrogens with zero attached hydrogens (tertiary/aromatic N) is 2. The number of hydrogen-bond donors (Lipinski definition) is 1. The van der Waals surface area contributed by atoms with Crippen molar-refractivity contribution in [3.63, 3.8) is 0 Å². The van der Waals surface area contributed by atoms with E-state index in [1.165, 1.54) is 0 Å². The van der Waals surface area contributed by atoms with E-state index in [0.717, 1.165) is 45.4 Å². The fourth-order valence-corrected chi connectivity index (χ4v) is 3.73. The number of carboxylic acid groups (broad SMARTS) is 1. The summed E-state index contributed by atoms with van der Waals surface area (Å²) < 4.78 is 0. The molecule has 4 heteroatoms. The Hall–Kier alpha value is -0.610. The summed E-state index contributed by atoms with van der Waals surface area (Å²) in [4.78, 5) is 16.0. The molecule has 0 spiro atoms. The number of hydrogen-bond acceptors (Lipinski definition) is 3. The summed E-state index contributed by atoms with van der Waals surface area (Å²) in [5.41, 5.74) is 0.204. The fraction of sp³-hybridized carbons (Fsp3) is 0.929. The summed E-state index contributed by atoms with van der Waals surface area (Å²) >= 11 is 0. The lowest BCUT2D eigenvalue weighted by atomic mass is 9.84. The van der Waals surface area contributed by atoms with E-state index in [1.54, 1.807) is 0 Å². The van der Waals surface area contributed by atoms with Crippen molar-refractivity contribution >= 4 is 5.97 Å². The predicted octanol–water partition coefficient (Wildman–Crippen LogP) is 1.66. The molecule has 0 aromatic heterocycles. The van der Waals surface area contributed by atoms with Crippen LogP contribution in [0.2, 0.25) is 0 Å². The average molecular weight is 254 g/mol. The molecule has 0 aromatic rings. The first-order valence-corrected chi connectivity index (χ1v) is 6.98. The minimum atomic E-state index is -0.647. The minimum absolute atomic E-state index is 0.0867. The van der Waals surface area contributed by atoms with Crippen LogP contribution in [-0.4, -0.2) is 59.6 Å². The summed E-state index contributed by atoms with van der Waals surface area (Å²) in [7, 11) is 2.14. The second-order valence-electron chi connectivity index (χ2n) is 6.93. The highest BCUT2D eigenvalue weighted by Gasteiger charge is 2.48. The van der Waals surface area contributed by atoms with Crippen LogP contribution in [0.4, 0.5) is 0 Å². The molecule has 0 aromatic carbocycles. The van der Waals surface area contributed by atoms with E-state index in [0.29, 0.717) is 11.8 Å². The van der Waals surface area contributed by atoms with Crippen molar-refractivity contribution in [2.24, 2.45) is 5.41 Å². The molecule has 1 saturated carbocycles. The SMILES string of the molecule is CN1CCN(C2(CC(=O)O)CCC(C)(C)C2)CC1. The van der Waals surface area contributed by atoms with Crippen LogP contribution in [0.5, 0.6) is 0 Å². The first-order chi connectivity index (χ1) is 8.33. The van der Waals surface area contributed by atoms with E-state index in [-0.39, 0.29) is 5.54 Å². The van der Waals surface area contributed by atoms with Gasteiger partial charge >= 0.3 is 5.97 Å². The van der Waals surface area contributed by atoms with Crippen LogP contribution >= 0.6 is 0 Å². The quantitative estimate of drug-likeness (QED) is 0.832. The van der Waals surface area contributed by atoms with Gasteiger partial charge in [0.15, 0.2) is 0 Å². The molecule has 2 rings (SSSR count).